The van der Waals surface area contributed by atoms with Gasteiger partial charge in [0.15, 0.2) is 0 Å². The molecule has 0 spiro atoms. The van der Waals surface area contributed by atoms with Crippen LogP contribution in [0.3, 0.4) is 0 Å². The summed E-state index contributed by atoms with van der Waals surface area (Å²) in [6.45, 7) is 0.800. The summed E-state index contributed by atoms with van der Waals surface area (Å²) in [7, 11) is -3.58. The SMILES string of the molecule is Nc1cncc2cccc(S(=O)(=O)N3CC[C@H](N)C3)c12. The van der Waals surface area contributed by atoms with Crippen LogP contribution in [0.25, 0.3) is 10.8 Å². The van der Waals surface area contributed by atoms with Crippen LogP contribution < -0.4 is 11.5 Å². The van der Waals surface area contributed by atoms with E-state index in [1.807, 2.05) is 0 Å². The van der Waals surface area contributed by atoms with Crippen LogP contribution in [-0.4, -0.2) is 36.8 Å². The van der Waals surface area contributed by atoms with E-state index >= 15 is 0 Å². The Balaban J connectivity index is 2.19. The third kappa shape index (κ3) is 2.04. The lowest BCUT2D eigenvalue weighted by Gasteiger charge is -2.17. The molecule has 4 N–H and O–H groups in total. The number of pyridine rings is 1. The highest BCUT2D eigenvalue weighted by Gasteiger charge is 2.32. The molecule has 2 aromatic rings. The molecule has 1 aliphatic rings. The number of nitrogens with zero attached hydrogens (tertiary/aromatic N) is 2. The number of rotatable bonds is 2. The second kappa shape index (κ2) is 4.69. The molecule has 3 rings (SSSR count). The van der Waals surface area contributed by atoms with Crippen molar-refractivity contribution in [1.29, 1.82) is 0 Å². The first-order valence-corrected chi connectivity index (χ1v) is 7.82. The zero-order valence-corrected chi connectivity index (χ0v) is 11.7. The fraction of sp³-hybridized carbons (Fsp3) is 0.308. The number of fused-ring (bicyclic) bond motifs is 1. The molecule has 20 heavy (non-hydrogen) atoms. The third-order valence-corrected chi connectivity index (χ3v) is 5.49. The molecule has 0 radical (unpaired) electrons. The maximum atomic E-state index is 12.7. The van der Waals surface area contributed by atoms with E-state index in [0.717, 1.165) is 5.39 Å². The van der Waals surface area contributed by atoms with Crippen LogP contribution in [0.15, 0.2) is 35.5 Å². The Labute approximate surface area is 117 Å². The molecular formula is C13H16N4O2S. The smallest absolute Gasteiger partial charge is 0.243 e. The number of aromatic nitrogens is 1. The molecule has 1 fully saturated rings. The van der Waals surface area contributed by atoms with E-state index in [9.17, 15) is 8.42 Å². The molecule has 6 nitrogen and oxygen atoms in total. The van der Waals surface area contributed by atoms with Crippen molar-refractivity contribution in [3.63, 3.8) is 0 Å². The molecule has 106 valence electrons. The van der Waals surface area contributed by atoms with Crippen molar-refractivity contribution in [1.82, 2.24) is 9.29 Å². The lowest BCUT2D eigenvalue weighted by Crippen LogP contribution is -2.32. The molecule has 1 saturated heterocycles. The zero-order chi connectivity index (χ0) is 14.3. The van der Waals surface area contributed by atoms with Gasteiger partial charge in [-0.3, -0.25) is 4.98 Å². The predicted octanol–water partition coefficient (Wildman–Crippen LogP) is 0.539. The average molecular weight is 292 g/mol. The van der Waals surface area contributed by atoms with Gasteiger partial charge in [0, 0.05) is 36.1 Å². The first-order valence-electron chi connectivity index (χ1n) is 6.38. The summed E-state index contributed by atoms with van der Waals surface area (Å²) in [6.07, 6.45) is 3.76. The van der Waals surface area contributed by atoms with Crippen LogP contribution in [0.2, 0.25) is 0 Å². The lowest BCUT2D eigenvalue weighted by atomic mass is 10.1. The van der Waals surface area contributed by atoms with Crippen LogP contribution in [0.1, 0.15) is 6.42 Å². The predicted molar refractivity (Wildman–Crippen MR) is 77.5 cm³/mol. The second-order valence-electron chi connectivity index (χ2n) is 4.99. The van der Waals surface area contributed by atoms with E-state index in [2.05, 4.69) is 4.98 Å². The van der Waals surface area contributed by atoms with Crippen LogP contribution >= 0.6 is 0 Å². The highest BCUT2D eigenvalue weighted by atomic mass is 32.2. The van der Waals surface area contributed by atoms with E-state index in [1.54, 1.807) is 24.4 Å². The third-order valence-electron chi connectivity index (χ3n) is 3.58. The largest absolute Gasteiger partial charge is 0.397 e. The van der Waals surface area contributed by atoms with E-state index in [-0.39, 0.29) is 10.9 Å². The van der Waals surface area contributed by atoms with Crippen molar-refractivity contribution in [3.05, 3.63) is 30.6 Å². The van der Waals surface area contributed by atoms with Crippen LogP contribution in [0.4, 0.5) is 5.69 Å². The maximum Gasteiger partial charge on any atom is 0.243 e. The van der Waals surface area contributed by atoms with Gasteiger partial charge in [0.05, 0.1) is 16.8 Å². The number of anilines is 1. The summed E-state index contributed by atoms with van der Waals surface area (Å²) in [5.74, 6) is 0. The van der Waals surface area contributed by atoms with Crippen LogP contribution in [0.5, 0.6) is 0 Å². The number of hydrogen-bond donors (Lipinski definition) is 2. The molecule has 0 unspecified atom stereocenters. The molecule has 1 aliphatic heterocycles. The minimum Gasteiger partial charge on any atom is -0.397 e. The number of nitrogen functional groups attached to an aromatic ring is 1. The van der Waals surface area contributed by atoms with Crippen molar-refractivity contribution in [3.8, 4) is 0 Å². The zero-order valence-electron chi connectivity index (χ0n) is 10.9. The molecular weight excluding hydrogens is 276 g/mol. The van der Waals surface area contributed by atoms with Crippen molar-refractivity contribution in [2.24, 2.45) is 5.73 Å². The summed E-state index contributed by atoms with van der Waals surface area (Å²) in [6, 6.07) is 4.98. The number of benzene rings is 1. The first kappa shape index (κ1) is 13.3. The molecule has 0 saturated carbocycles. The lowest BCUT2D eigenvalue weighted by molar-refractivity contribution is 0.473. The van der Waals surface area contributed by atoms with E-state index in [4.69, 9.17) is 11.5 Å². The van der Waals surface area contributed by atoms with E-state index in [0.29, 0.717) is 30.6 Å². The molecule has 1 aromatic carbocycles. The second-order valence-corrected chi connectivity index (χ2v) is 6.90. The van der Waals surface area contributed by atoms with Crippen LogP contribution in [-0.2, 0) is 10.0 Å². The quantitative estimate of drug-likeness (QED) is 0.841. The van der Waals surface area contributed by atoms with Crippen molar-refractivity contribution in [2.45, 2.75) is 17.4 Å². The van der Waals surface area contributed by atoms with Crippen molar-refractivity contribution >= 4 is 26.5 Å². The average Bonchev–Trinajstić information content (AvgIpc) is 2.86. The number of hydrogen-bond acceptors (Lipinski definition) is 5. The van der Waals surface area contributed by atoms with Crippen molar-refractivity contribution in [2.75, 3.05) is 18.8 Å². The molecule has 2 heterocycles. The van der Waals surface area contributed by atoms with E-state index in [1.165, 1.54) is 10.5 Å². The Morgan fingerprint density at radius 2 is 2.10 bits per heavy atom. The minimum atomic E-state index is -3.58. The Kier molecular flexibility index (Phi) is 3.12. The Hall–Kier alpha value is -1.70. The Morgan fingerprint density at radius 1 is 1.30 bits per heavy atom. The van der Waals surface area contributed by atoms with Crippen molar-refractivity contribution < 1.29 is 8.42 Å². The van der Waals surface area contributed by atoms with Gasteiger partial charge in [0.1, 0.15) is 0 Å². The van der Waals surface area contributed by atoms with Gasteiger partial charge < -0.3 is 11.5 Å². The van der Waals surface area contributed by atoms with Gasteiger partial charge in [-0.1, -0.05) is 12.1 Å². The molecule has 0 amide bonds. The Bertz CT molecular complexity index is 755. The Morgan fingerprint density at radius 3 is 2.80 bits per heavy atom. The molecule has 7 heteroatoms. The van der Waals surface area contributed by atoms with Crippen LogP contribution in [0, 0.1) is 0 Å². The molecule has 1 atom stereocenters. The first-order chi connectivity index (χ1) is 9.50. The van der Waals surface area contributed by atoms with Gasteiger partial charge in [-0.05, 0) is 12.5 Å². The normalized spacial score (nSPS) is 20.6. The highest BCUT2D eigenvalue weighted by molar-refractivity contribution is 7.89. The number of nitrogens with two attached hydrogens (primary N) is 2. The fourth-order valence-corrected chi connectivity index (χ4v) is 4.31. The minimum absolute atomic E-state index is 0.0984. The molecule has 0 bridgehead atoms. The summed E-state index contributed by atoms with van der Waals surface area (Å²) >= 11 is 0. The maximum absolute atomic E-state index is 12.7. The standard InChI is InChI=1S/C13H16N4O2S/c14-10-4-5-17(8-10)20(18,19)12-3-1-2-9-6-16-7-11(15)13(9)12/h1-3,6-7,10H,4-5,8,14-15H2/t10-/m0/s1. The van der Waals surface area contributed by atoms with E-state index < -0.39 is 10.0 Å². The van der Waals surface area contributed by atoms with Gasteiger partial charge in [-0.25, -0.2) is 8.42 Å². The van der Waals surface area contributed by atoms with Gasteiger partial charge in [0.25, 0.3) is 0 Å². The summed E-state index contributed by atoms with van der Waals surface area (Å²) in [4.78, 5) is 4.22. The fourth-order valence-electron chi connectivity index (χ4n) is 2.55. The van der Waals surface area contributed by atoms with Gasteiger partial charge >= 0.3 is 0 Å². The van der Waals surface area contributed by atoms with Gasteiger partial charge in [0.2, 0.25) is 10.0 Å². The highest BCUT2D eigenvalue weighted by Crippen LogP contribution is 2.30. The summed E-state index contributed by atoms with van der Waals surface area (Å²) in [5, 5.41) is 1.25. The molecule has 0 aliphatic carbocycles. The summed E-state index contributed by atoms with van der Waals surface area (Å²) < 4.78 is 26.9. The van der Waals surface area contributed by atoms with Gasteiger partial charge in [-0.2, -0.15) is 4.31 Å². The topological polar surface area (TPSA) is 102 Å². The summed E-state index contributed by atoms with van der Waals surface area (Å²) in [5.41, 5.74) is 12.1. The monoisotopic (exact) mass is 292 g/mol. The molecule has 1 aromatic heterocycles. The number of sulfonamides is 1. The van der Waals surface area contributed by atoms with Gasteiger partial charge in [-0.15, -0.1) is 0 Å².